The van der Waals surface area contributed by atoms with Gasteiger partial charge in [-0.1, -0.05) is 12.1 Å². The summed E-state index contributed by atoms with van der Waals surface area (Å²) in [5, 5.41) is 11.9. The number of ether oxygens (including phenoxy) is 1. The minimum absolute atomic E-state index is 0.0221. The molecule has 1 atom stereocenters. The van der Waals surface area contributed by atoms with Crippen molar-refractivity contribution in [2.45, 2.75) is 12.5 Å². The Kier molecular flexibility index (Phi) is 7.11. The molecule has 0 amide bonds. The number of hydrogen-bond donors (Lipinski definition) is 2. The summed E-state index contributed by atoms with van der Waals surface area (Å²) in [6, 6.07) is 6.19. The number of carbonyl (C=O) groups is 2. The Bertz CT molecular complexity index is 464. The molecule has 5 nitrogen and oxygen atoms in total. The maximum Gasteiger partial charge on any atom is 0.320 e. The van der Waals surface area contributed by atoms with Gasteiger partial charge in [-0.15, -0.1) is 0 Å². The normalized spacial score (nSPS) is 11.9. The first-order chi connectivity index (χ1) is 9.60. The Balaban J connectivity index is 2.63. The van der Waals surface area contributed by atoms with Gasteiger partial charge in [0.1, 0.15) is 11.8 Å². The number of carbonyl (C=O) groups excluding carboxylic acids is 1. The lowest BCUT2D eigenvalue weighted by Gasteiger charge is -2.14. The van der Waals surface area contributed by atoms with Crippen LogP contribution in [0.25, 0.3) is 0 Å². The summed E-state index contributed by atoms with van der Waals surface area (Å²) in [6.07, 6.45) is 2.40. The van der Waals surface area contributed by atoms with Crippen molar-refractivity contribution in [1.29, 1.82) is 0 Å². The highest BCUT2D eigenvalue weighted by atomic mass is 32.2. The van der Waals surface area contributed by atoms with Gasteiger partial charge in [-0.25, -0.2) is 0 Å². The molecule has 0 aromatic heterocycles. The van der Waals surface area contributed by atoms with Gasteiger partial charge in [0, 0.05) is 0 Å². The topological polar surface area (TPSA) is 75.6 Å². The lowest BCUT2D eigenvalue weighted by molar-refractivity contribution is -0.139. The minimum atomic E-state index is -0.938. The summed E-state index contributed by atoms with van der Waals surface area (Å²) in [6.45, 7) is -0.0221. The highest BCUT2D eigenvalue weighted by Crippen LogP contribution is 2.17. The average molecular weight is 297 g/mol. The number of thioether (sulfide) groups is 1. The van der Waals surface area contributed by atoms with E-state index in [2.05, 4.69) is 5.32 Å². The quantitative estimate of drug-likeness (QED) is 0.675. The standard InChI is InChI=1S/C14H19NO4S/c1-19-13-6-4-3-5-10(13)12(16)9-15-11(14(17)18)7-8-20-2/h3-6,11,15H,7-9H2,1-2H3,(H,17,18)/t11-/m0/s1. The molecular weight excluding hydrogens is 278 g/mol. The Morgan fingerprint density at radius 3 is 2.70 bits per heavy atom. The lowest BCUT2D eigenvalue weighted by Crippen LogP contribution is -2.40. The van der Waals surface area contributed by atoms with Gasteiger partial charge in [-0.2, -0.15) is 11.8 Å². The van der Waals surface area contributed by atoms with E-state index in [0.29, 0.717) is 17.7 Å². The maximum atomic E-state index is 12.1. The van der Waals surface area contributed by atoms with Gasteiger partial charge in [0.25, 0.3) is 0 Å². The van der Waals surface area contributed by atoms with E-state index in [1.165, 1.54) is 7.11 Å². The van der Waals surface area contributed by atoms with E-state index in [9.17, 15) is 9.59 Å². The molecule has 0 spiro atoms. The van der Waals surface area contributed by atoms with Crippen molar-refractivity contribution in [2.24, 2.45) is 0 Å². The van der Waals surface area contributed by atoms with Crippen molar-refractivity contribution in [3.63, 3.8) is 0 Å². The summed E-state index contributed by atoms with van der Waals surface area (Å²) in [5.41, 5.74) is 0.455. The minimum Gasteiger partial charge on any atom is -0.496 e. The van der Waals surface area contributed by atoms with Gasteiger partial charge in [0.15, 0.2) is 5.78 Å². The Morgan fingerprint density at radius 2 is 2.10 bits per heavy atom. The molecule has 2 N–H and O–H groups in total. The van der Waals surface area contributed by atoms with Gasteiger partial charge in [0.2, 0.25) is 0 Å². The predicted molar refractivity (Wildman–Crippen MR) is 79.8 cm³/mol. The molecule has 0 aliphatic rings. The number of methoxy groups -OCH3 is 1. The highest BCUT2D eigenvalue weighted by Gasteiger charge is 2.19. The van der Waals surface area contributed by atoms with E-state index in [1.54, 1.807) is 36.0 Å². The first kappa shape index (κ1) is 16.5. The third-order valence-corrected chi connectivity index (χ3v) is 3.47. The van der Waals surface area contributed by atoms with E-state index < -0.39 is 12.0 Å². The summed E-state index contributed by atoms with van der Waals surface area (Å²) in [7, 11) is 1.50. The predicted octanol–water partition coefficient (Wildman–Crippen LogP) is 1.67. The van der Waals surface area contributed by atoms with Crippen molar-refractivity contribution < 1.29 is 19.4 Å². The molecule has 0 saturated heterocycles. The summed E-state index contributed by atoms with van der Waals surface area (Å²) in [5.74, 6) is 0.104. The number of ketones is 1. The van der Waals surface area contributed by atoms with Crippen molar-refractivity contribution in [1.82, 2.24) is 5.32 Å². The van der Waals surface area contributed by atoms with Crippen LogP contribution in [0, 0.1) is 0 Å². The second-order valence-electron chi connectivity index (χ2n) is 4.18. The van der Waals surface area contributed by atoms with Crippen LogP contribution in [0.2, 0.25) is 0 Å². The van der Waals surface area contributed by atoms with E-state index in [0.717, 1.165) is 5.75 Å². The SMILES string of the molecule is COc1ccccc1C(=O)CN[C@@H](CCSC)C(=O)O. The number of benzene rings is 1. The van der Waals surface area contributed by atoms with E-state index in [4.69, 9.17) is 9.84 Å². The second kappa shape index (κ2) is 8.60. The zero-order chi connectivity index (χ0) is 15.0. The van der Waals surface area contributed by atoms with Crippen LogP contribution in [0.4, 0.5) is 0 Å². The van der Waals surface area contributed by atoms with E-state index >= 15 is 0 Å². The maximum absolute atomic E-state index is 12.1. The van der Waals surface area contributed by atoms with Crippen LogP contribution >= 0.6 is 11.8 Å². The van der Waals surface area contributed by atoms with Gasteiger partial charge in [0.05, 0.1) is 19.2 Å². The van der Waals surface area contributed by atoms with Gasteiger partial charge in [-0.05, 0) is 30.6 Å². The zero-order valence-corrected chi connectivity index (χ0v) is 12.4. The molecule has 1 aromatic carbocycles. The number of carboxylic acid groups (broad SMARTS) is 1. The number of Topliss-reactive ketones (excluding diaryl/α,β-unsaturated/α-hetero) is 1. The van der Waals surface area contributed by atoms with Crippen LogP contribution in [0.5, 0.6) is 5.75 Å². The van der Waals surface area contributed by atoms with Crippen LogP contribution in [0.3, 0.4) is 0 Å². The molecule has 1 rings (SSSR count). The number of aliphatic carboxylic acids is 1. The monoisotopic (exact) mass is 297 g/mol. The zero-order valence-electron chi connectivity index (χ0n) is 11.6. The first-order valence-electron chi connectivity index (χ1n) is 6.21. The Labute approximate surface area is 122 Å². The van der Waals surface area contributed by atoms with E-state index in [-0.39, 0.29) is 12.3 Å². The molecule has 1 aromatic rings. The summed E-state index contributed by atoms with van der Waals surface area (Å²) >= 11 is 1.58. The highest BCUT2D eigenvalue weighted by molar-refractivity contribution is 7.98. The van der Waals surface area contributed by atoms with Crippen molar-refractivity contribution in [3.05, 3.63) is 29.8 Å². The smallest absolute Gasteiger partial charge is 0.320 e. The van der Waals surface area contributed by atoms with Crippen molar-refractivity contribution in [2.75, 3.05) is 25.7 Å². The van der Waals surface area contributed by atoms with Gasteiger partial charge >= 0.3 is 5.97 Å². The largest absolute Gasteiger partial charge is 0.496 e. The molecule has 0 radical (unpaired) electrons. The molecule has 20 heavy (non-hydrogen) atoms. The second-order valence-corrected chi connectivity index (χ2v) is 5.16. The van der Waals surface area contributed by atoms with Crippen LogP contribution in [-0.2, 0) is 4.79 Å². The fourth-order valence-electron chi connectivity index (χ4n) is 1.73. The number of nitrogens with one attached hydrogen (secondary N) is 1. The summed E-state index contributed by atoms with van der Waals surface area (Å²) < 4.78 is 5.12. The number of para-hydroxylation sites is 1. The fraction of sp³-hybridized carbons (Fsp3) is 0.429. The van der Waals surface area contributed by atoms with Gasteiger partial charge in [-0.3, -0.25) is 14.9 Å². The number of hydrogen-bond acceptors (Lipinski definition) is 5. The first-order valence-corrected chi connectivity index (χ1v) is 7.61. The molecular formula is C14H19NO4S. The third kappa shape index (κ3) is 4.86. The Morgan fingerprint density at radius 1 is 1.40 bits per heavy atom. The van der Waals surface area contributed by atoms with Gasteiger partial charge < -0.3 is 9.84 Å². The molecule has 0 aliphatic heterocycles. The van der Waals surface area contributed by atoms with Crippen LogP contribution in [0.15, 0.2) is 24.3 Å². The fourth-order valence-corrected chi connectivity index (χ4v) is 2.21. The molecule has 0 heterocycles. The molecule has 0 unspecified atom stereocenters. The third-order valence-electron chi connectivity index (χ3n) is 2.83. The molecule has 0 bridgehead atoms. The Hall–Kier alpha value is -1.53. The van der Waals surface area contributed by atoms with Crippen LogP contribution < -0.4 is 10.1 Å². The van der Waals surface area contributed by atoms with E-state index in [1.807, 2.05) is 6.26 Å². The molecule has 6 heteroatoms. The molecule has 0 saturated carbocycles. The number of rotatable bonds is 9. The molecule has 0 fully saturated rings. The molecule has 110 valence electrons. The summed E-state index contributed by atoms with van der Waals surface area (Å²) in [4.78, 5) is 23.2. The van der Waals surface area contributed by atoms with Crippen LogP contribution in [-0.4, -0.2) is 48.6 Å². The average Bonchev–Trinajstić information content (AvgIpc) is 2.46. The van der Waals surface area contributed by atoms with Crippen molar-refractivity contribution >= 4 is 23.5 Å². The van der Waals surface area contributed by atoms with Crippen molar-refractivity contribution in [3.8, 4) is 5.75 Å². The van der Waals surface area contributed by atoms with Crippen LogP contribution in [0.1, 0.15) is 16.8 Å². The molecule has 0 aliphatic carbocycles. The lowest BCUT2D eigenvalue weighted by atomic mass is 10.1. The number of carboxylic acids is 1.